The lowest BCUT2D eigenvalue weighted by molar-refractivity contribution is 0.422. The van der Waals surface area contributed by atoms with Gasteiger partial charge in [0.15, 0.2) is 0 Å². The molecule has 0 fully saturated rings. The van der Waals surface area contributed by atoms with Crippen molar-refractivity contribution >= 4 is 11.3 Å². The van der Waals surface area contributed by atoms with Gasteiger partial charge in [-0.05, 0) is 39.2 Å². The predicted molar refractivity (Wildman–Crippen MR) is 88.1 cm³/mol. The molecule has 3 heteroatoms. The van der Waals surface area contributed by atoms with E-state index in [4.69, 9.17) is 4.98 Å². The van der Waals surface area contributed by atoms with Gasteiger partial charge in [-0.2, -0.15) is 0 Å². The Kier molecular flexibility index (Phi) is 4.95. The van der Waals surface area contributed by atoms with Crippen LogP contribution < -0.4 is 5.32 Å². The van der Waals surface area contributed by atoms with Crippen LogP contribution >= 0.6 is 11.3 Å². The summed E-state index contributed by atoms with van der Waals surface area (Å²) in [5.74, 6) is 0. The molecule has 108 valence electrons. The first-order valence-corrected chi connectivity index (χ1v) is 8.10. The predicted octanol–water partition coefficient (Wildman–Crippen LogP) is 4.65. The molecule has 0 aliphatic rings. The topological polar surface area (TPSA) is 24.9 Å². The minimum Gasteiger partial charge on any atom is -0.306 e. The van der Waals surface area contributed by atoms with Crippen molar-refractivity contribution in [3.05, 3.63) is 41.0 Å². The second kappa shape index (κ2) is 6.51. The fourth-order valence-corrected chi connectivity index (χ4v) is 3.19. The van der Waals surface area contributed by atoms with Gasteiger partial charge in [0.1, 0.15) is 0 Å². The summed E-state index contributed by atoms with van der Waals surface area (Å²) in [6.45, 7) is 9.60. The van der Waals surface area contributed by atoms with Gasteiger partial charge < -0.3 is 5.32 Å². The van der Waals surface area contributed by atoms with E-state index in [-0.39, 0.29) is 5.54 Å². The average Bonchev–Trinajstić information content (AvgIpc) is 2.80. The normalized spacial score (nSPS) is 11.8. The molecule has 0 unspecified atom stereocenters. The summed E-state index contributed by atoms with van der Waals surface area (Å²) in [5.41, 5.74) is 2.57. The standard InChI is InChI=1S/C17H24N2S/c1-5-9-15-19-14(12-18-17(2,3)4)16(20-15)13-10-7-6-8-11-13/h6-8,10-11,18H,5,9,12H2,1-4H3. The van der Waals surface area contributed by atoms with Crippen LogP contribution in [0.25, 0.3) is 10.4 Å². The zero-order valence-electron chi connectivity index (χ0n) is 12.9. The lowest BCUT2D eigenvalue weighted by atomic mass is 10.1. The molecule has 1 aromatic carbocycles. The number of rotatable bonds is 5. The van der Waals surface area contributed by atoms with Gasteiger partial charge in [-0.25, -0.2) is 4.98 Å². The molecule has 20 heavy (non-hydrogen) atoms. The van der Waals surface area contributed by atoms with Crippen LogP contribution in [0.5, 0.6) is 0 Å². The molecule has 0 spiro atoms. The van der Waals surface area contributed by atoms with Crippen molar-refractivity contribution in [3.63, 3.8) is 0 Å². The molecule has 0 bridgehead atoms. The summed E-state index contributed by atoms with van der Waals surface area (Å²) < 4.78 is 0. The van der Waals surface area contributed by atoms with Crippen molar-refractivity contribution in [2.24, 2.45) is 0 Å². The van der Waals surface area contributed by atoms with Crippen LogP contribution in [0.1, 0.15) is 44.8 Å². The minimum atomic E-state index is 0.114. The Morgan fingerprint density at radius 1 is 1.15 bits per heavy atom. The highest BCUT2D eigenvalue weighted by Crippen LogP contribution is 2.31. The van der Waals surface area contributed by atoms with Crippen LogP contribution in [-0.2, 0) is 13.0 Å². The van der Waals surface area contributed by atoms with Crippen LogP contribution in [0.2, 0.25) is 0 Å². The Morgan fingerprint density at radius 3 is 2.45 bits per heavy atom. The molecule has 0 radical (unpaired) electrons. The van der Waals surface area contributed by atoms with Crippen molar-refractivity contribution in [2.45, 2.75) is 52.6 Å². The lowest BCUT2D eigenvalue weighted by Gasteiger charge is -2.20. The van der Waals surface area contributed by atoms with Gasteiger partial charge in [-0.3, -0.25) is 0 Å². The van der Waals surface area contributed by atoms with E-state index >= 15 is 0 Å². The fourth-order valence-electron chi connectivity index (χ4n) is 2.01. The number of hydrogen-bond donors (Lipinski definition) is 1. The highest BCUT2D eigenvalue weighted by Gasteiger charge is 2.15. The van der Waals surface area contributed by atoms with Crippen molar-refractivity contribution in [1.82, 2.24) is 10.3 Å². The van der Waals surface area contributed by atoms with E-state index in [1.807, 2.05) is 11.3 Å². The first kappa shape index (κ1) is 15.2. The molecule has 0 atom stereocenters. The van der Waals surface area contributed by atoms with Crippen molar-refractivity contribution in [1.29, 1.82) is 0 Å². The number of aryl methyl sites for hydroxylation is 1. The van der Waals surface area contributed by atoms with Gasteiger partial charge >= 0.3 is 0 Å². The molecule has 0 saturated heterocycles. The third-order valence-electron chi connectivity index (χ3n) is 3.03. The Bertz CT molecular complexity index is 538. The molecule has 0 aliphatic heterocycles. The zero-order chi connectivity index (χ0) is 14.6. The van der Waals surface area contributed by atoms with Gasteiger partial charge in [0.2, 0.25) is 0 Å². The maximum atomic E-state index is 4.84. The molecule has 0 aliphatic carbocycles. The molecule has 2 rings (SSSR count). The maximum absolute atomic E-state index is 4.84. The molecule has 1 heterocycles. The third kappa shape index (κ3) is 4.15. The molecule has 0 amide bonds. The van der Waals surface area contributed by atoms with Crippen molar-refractivity contribution < 1.29 is 0 Å². The maximum Gasteiger partial charge on any atom is 0.0935 e. The molecule has 1 N–H and O–H groups in total. The fraction of sp³-hybridized carbons (Fsp3) is 0.471. The lowest BCUT2D eigenvalue weighted by Crippen LogP contribution is -2.35. The smallest absolute Gasteiger partial charge is 0.0935 e. The van der Waals surface area contributed by atoms with Crippen LogP contribution in [0.4, 0.5) is 0 Å². The second-order valence-electron chi connectivity index (χ2n) is 6.10. The van der Waals surface area contributed by atoms with Gasteiger partial charge in [0.05, 0.1) is 15.6 Å². The van der Waals surface area contributed by atoms with E-state index in [0.29, 0.717) is 0 Å². The average molecular weight is 288 g/mol. The van der Waals surface area contributed by atoms with Crippen molar-refractivity contribution in [3.8, 4) is 10.4 Å². The highest BCUT2D eigenvalue weighted by molar-refractivity contribution is 7.15. The van der Waals surface area contributed by atoms with E-state index in [0.717, 1.165) is 19.4 Å². The van der Waals surface area contributed by atoms with E-state index in [1.165, 1.54) is 21.1 Å². The van der Waals surface area contributed by atoms with E-state index < -0.39 is 0 Å². The first-order valence-electron chi connectivity index (χ1n) is 7.28. The second-order valence-corrected chi connectivity index (χ2v) is 7.19. The highest BCUT2D eigenvalue weighted by atomic mass is 32.1. The first-order chi connectivity index (χ1) is 9.49. The quantitative estimate of drug-likeness (QED) is 0.866. The summed E-state index contributed by atoms with van der Waals surface area (Å²) >= 11 is 1.84. The van der Waals surface area contributed by atoms with Crippen LogP contribution in [0.3, 0.4) is 0 Å². The monoisotopic (exact) mass is 288 g/mol. The number of aromatic nitrogens is 1. The molecule has 1 aromatic heterocycles. The van der Waals surface area contributed by atoms with Crippen LogP contribution in [0.15, 0.2) is 30.3 Å². The number of thiazole rings is 1. The largest absolute Gasteiger partial charge is 0.306 e. The molecule has 0 saturated carbocycles. The van der Waals surface area contributed by atoms with E-state index in [2.05, 4.69) is 63.3 Å². The summed E-state index contributed by atoms with van der Waals surface area (Å²) in [6.07, 6.45) is 2.22. The molecule has 2 nitrogen and oxygen atoms in total. The zero-order valence-corrected chi connectivity index (χ0v) is 13.7. The minimum absolute atomic E-state index is 0.114. The van der Waals surface area contributed by atoms with Gasteiger partial charge in [-0.15, -0.1) is 11.3 Å². The Balaban J connectivity index is 2.29. The summed E-state index contributed by atoms with van der Waals surface area (Å²) in [6, 6.07) is 10.6. The SMILES string of the molecule is CCCc1nc(CNC(C)(C)C)c(-c2ccccc2)s1. The van der Waals surface area contributed by atoms with Crippen molar-refractivity contribution in [2.75, 3.05) is 0 Å². The molecular weight excluding hydrogens is 264 g/mol. The number of hydrogen-bond acceptors (Lipinski definition) is 3. The number of benzene rings is 1. The van der Waals surface area contributed by atoms with E-state index in [1.54, 1.807) is 0 Å². The van der Waals surface area contributed by atoms with Crippen LogP contribution in [-0.4, -0.2) is 10.5 Å². The molecular formula is C17H24N2S. The third-order valence-corrected chi connectivity index (χ3v) is 4.23. The number of nitrogens with zero attached hydrogens (tertiary/aromatic N) is 1. The van der Waals surface area contributed by atoms with Gasteiger partial charge in [-0.1, -0.05) is 37.3 Å². The Labute approximate surface area is 126 Å². The molecule has 2 aromatic rings. The summed E-state index contributed by atoms with van der Waals surface area (Å²) in [5, 5.41) is 4.80. The van der Waals surface area contributed by atoms with E-state index in [9.17, 15) is 0 Å². The summed E-state index contributed by atoms with van der Waals surface area (Å²) in [7, 11) is 0. The Morgan fingerprint density at radius 2 is 1.85 bits per heavy atom. The van der Waals surface area contributed by atoms with Gasteiger partial charge in [0, 0.05) is 12.1 Å². The van der Waals surface area contributed by atoms with Crippen LogP contribution in [0, 0.1) is 0 Å². The Hall–Kier alpha value is -1.19. The summed E-state index contributed by atoms with van der Waals surface area (Å²) in [4.78, 5) is 6.15. The number of nitrogens with one attached hydrogen (secondary N) is 1. The van der Waals surface area contributed by atoms with Gasteiger partial charge in [0.25, 0.3) is 0 Å².